The molecule has 0 bridgehead atoms. The molecule has 0 spiro atoms. The van der Waals surface area contributed by atoms with Crippen LogP contribution in [0.5, 0.6) is 0 Å². The number of halogens is 1. The van der Waals surface area contributed by atoms with Crippen LogP contribution in [-0.4, -0.2) is 32.2 Å². The summed E-state index contributed by atoms with van der Waals surface area (Å²) in [7, 11) is 1.58. The number of ether oxygens (including phenoxy) is 1. The molecule has 2 rings (SSSR count). The quantitative estimate of drug-likeness (QED) is 0.785. The van der Waals surface area contributed by atoms with E-state index >= 15 is 0 Å². The highest BCUT2D eigenvalue weighted by Gasteiger charge is 2.40. The maximum Gasteiger partial charge on any atom is 0.239 e. The number of methoxy groups -OCH3 is 1. The number of carbonyl (C=O) groups excluding carboxylic acids is 1. The molecule has 4 nitrogen and oxygen atoms in total. The summed E-state index contributed by atoms with van der Waals surface area (Å²) >= 11 is 0. The van der Waals surface area contributed by atoms with E-state index < -0.39 is 6.04 Å². The van der Waals surface area contributed by atoms with Crippen molar-refractivity contribution in [2.75, 3.05) is 20.3 Å². The van der Waals surface area contributed by atoms with E-state index in [2.05, 4.69) is 5.32 Å². The van der Waals surface area contributed by atoms with Crippen LogP contribution < -0.4 is 11.1 Å². The molecule has 22 heavy (non-hydrogen) atoms. The molecule has 130 valence electrons. The third-order valence-electron chi connectivity index (χ3n) is 5.62. The topological polar surface area (TPSA) is 64.3 Å². The second-order valence-corrected chi connectivity index (χ2v) is 7.04. The van der Waals surface area contributed by atoms with Gasteiger partial charge in [0.15, 0.2) is 0 Å². The lowest BCUT2D eigenvalue weighted by Gasteiger charge is -2.45. The summed E-state index contributed by atoms with van der Waals surface area (Å²) in [5.41, 5.74) is 6.16. The molecular weight excluding hydrogens is 300 g/mol. The first-order valence-electron chi connectivity index (χ1n) is 8.70. The van der Waals surface area contributed by atoms with Gasteiger partial charge in [-0.25, -0.2) is 0 Å². The minimum Gasteiger partial charge on any atom is -0.383 e. The Labute approximate surface area is 141 Å². The van der Waals surface area contributed by atoms with Gasteiger partial charge in [0, 0.05) is 13.7 Å². The minimum atomic E-state index is -0.540. The van der Waals surface area contributed by atoms with Gasteiger partial charge < -0.3 is 15.8 Å². The van der Waals surface area contributed by atoms with Gasteiger partial charge in [0.1, 0.15) is 6.04 Å². The molecule has 0 aliphatic heterocycles. The molecule has 2 aliphatic rings. The SMILES string of the molecule is COCC(N)C(=O)NCC1(C2CCCCC2)CCCCC1.Cl. The average molecular weight is 333 g/mol. The fourth-order valence-corrected chi connectivity index (χ4v) is 4.35. The van der Waals surface area contributed by atoms with Crippen LogP contribution in [0.3, 0.4) is 0 Å². The van der Waals surface area contributed by atoms with Gasteiger partial charge in [-0.3, -0.25) is 4.79 Å². The first kappa shape index (κ1) is 19.7. The Kier molecular flexibility index (Phi) is 8.73. The largest absolute Gasteiger partial charge is 0.383 e. The standard InChI is InChI=1S/C17H32N2O2.ClH/c1-21-12-15(18)16(20)19-13-17(10-6-3-7-11-17)14-8-4-2-5-9-14;/h14-15H,2-13,18H2,1H3,(H,19,20);1H. The Morgan fingerprint density at radius 2 is 1.77 bits per heavy atom. The van der Waals surface area contributed by atoms with Gasteiger partial charge in [0.2, 0.25) is 5.91 Å². The lowest BCUT2D eigenvalue weighted by molar-refractivity contribution is -0.124. The Balaban J connectivity index is 0.00000242. The number of rotatable bonds is 6. The molecule has 1 unspecified atom stereocenters. The van der Waals surface area contributed by atoms with Gasteiger partial charge >= 0.3 is 0 Å². The maximum absolute atomic E-state index is 12.1. The van der Waals surface area contributed by atoms with Crippen molar-refractivity contribution in [3.8, 4) is 0 Å². The van der Waals surface area contributed by atoms with E-state index in [1.807, 2.05) is 0 Å². The number of nitrogens with two attached hydrogens (primary N) is 1. The molecule has 2 fully saturated rings. The molecule has 2 aliphatic carbocycles. The van der Waals surface area contributed by atoms with Gasteiger partial charge in [-0.05, 0) is 37.0 Å². The molecule has 0 heterocycles. The zero-order chi connectivity index (χ0) is 15.1. The summed E-state index contributed by atoms with van der Waals surface area (Å²) < 4.78 is 4.97. The van der Waals surface area contributed by atoms with Crippen LogP contribution in [0.2, 0.25) is 0 Å². The first-order chi connectivity index (χ1) is 10.2. The molecular formula is C17H33ClN2O2. The summed E-state index contributed by atoms with van der Waals surface area (Å²) in [5.74, 6) is 0.739. The van der Waals surface area contributed by atoms with Crippen LogP contribution in [0.4, 0.5) is 0 Å². The van der Waals surface area contributed by atoms with E-state index in [1.165, 1.54) is 64.2 Å². The Hall–Kier alpha value is -0.320. The van der Waals surface area contributed by atoms with Gasteiger partial charge in [-0.15, -0.1) is 12.4 Å². The van der Waals surface area contributed by atoms with Crippen molar-refractivity contribution in [2.24, 2.45) is 17.1 Å². The normalized spacial score (nSPS) is 23.4. The Morgan fingerprint density at radius 1 is 1.18 bits per heavy atom. The molecule has 5 heteroatoms. The van der Waals surface area contributed by atoms with Crippen LogP contribution in [-0.2, 0) is 9.53 Å². The highest BCUT2D eigenvalue weighted by molar-refractivity contribution is 5.85. The Bertz CT molecular complexity index is 327. The lowest BCUT2D eigenvalue weighted by Crippen LogP contribution is -2.50. The van der Waals surface area contributed by atoms with Gasteiger partial charge in [-0.1, -0.05) is 38.5 Å². The number of carbonyl (C=O) groups is 1. The third kappa shape index (κ3) is 5.10. The predicted molar refractivity (Wildman–Crippen MR) is 92.2 cm³/mol. The van der Waals surface area contributed by atoms with Gasteiger partial charge in [-0.2, -0.15) is 0 Å². The summed E-state index contributed by atoms with van der Waals surface area (Å²) in [6, 6.07) is -0.540. The van der Waals surface area contributed by atoms with Crippen molar-refractivity contribution < 1.29 is 9.53 Å². The van der Waals surface area contributed by atoms with Crippen molar-refractivity contribution in [2.45, 2.75) is 70.3 Å². The van der Waals surface area contributed by atoms with Crippen molar-refractivity contribution in [1.29, 1.82) is 0 Å². The highest BCUT2D eigenvalue weighted by atomic mass is 35.5. The predicted octanol–water partition coefficient (Wildman–Crippen LogP) is 3.03. The molecule has 2 saturated carbocycles. The fourth-order valence-electron chi connectivity index (χ4n) is 4.35. The van der Waals surface area contributed by atoms with Crippen molar-refractivity contribution >= 4 is 18.3 Å². The number of amides is 1. The monoisotopic (exact) mass is 332 g/mol. The second-order valence-electron chi connectivity index (χ2n) is 7.04. The van der Waals surface area contributed by atoms with E-state index in [1.54, 1.807) is 7.11 Å². The molecule has 0 radical (unpaired) electrons. The molecule has 0 aromatic rings. The summed E-state index contributed by atoms with van der Waals surface area (Å²) in [5, 5.41) is 3.13. The van der Waals surface area contributed by atoms with Crippen LogP contribution >= 0.6 is 12.4 Å². The molecule has 1 atom stereocenters. The number of nitrogens with one attached hydrogen (secondary N) is 1. The molecule has 3 N–H and O–H groups in total. The van der Waals surface area contributed by atoms with E-state index in [4.69, 9.17) is 10.5 Å². The zero-order valence-electron chi connectivity index (χ0n) is 13.9. The van der Waals surface area contributed by atoms with E-state index in [9.17, 15) is 4.79 Å². The van der Waals surface area contributed by atoms with E-state index in [-0.39, 0.29) is 18.3 Å². The van der Waals surface area contributed by atoms with E-state index in [0.29, 0.717) is 12.0 Å². The summed E-state index contributed by atoms with van der Waals surface area (Å²) in [6.07, 6.45) is 13.3. The Morgan fingerprint density at radius 3 is 2.36 bits per heavy atom. The second kappa shape index (κ2) is 9.74. The summed E-state index contributed by atoms with van der Waals surface area (Å²) in [4.78, 5) is 12.1. The average Bonchev–Trinajstić information content (AvgIpc) is 2.54. The number of hydrogen-bond donors (Lipinski definition) is 2. The van der Waals surface area contributed by atoms with Gasteiger partial charge in [0.05, 0.1) is 6.61 Å². The number of hydrogen-bond acceptors (Lipinski definition) is 3. The van der Waals surface area contributed by atoms with Crippen molar-refractivity contribution in [3.05, 3.63) is 0 Å². The first-order valence-corrected chi connectivity index (χ1v) is 8.70. The third-order valence-corrected chi connectivity index (χ3v) is 5.62. The zero-order valence-corrected chi connectivity index (χ0v) is 14.8. The fraction of sp³-hybridized carbons (Fsp3) is 0.941. The van der Waals surface area contributed by atoms with Gasteiger partial charge in [0.25, 0.3) is 0 Å². The van der Waals surface area contributed by atoms with Crippen LogP contribution in [0.15, 0.2) is 0 Å². The molecule has 0 saturated heterocycles. The smallest absolute Gasteiger partial charge is 0.239 e. The van der Waals surface area contributed by atoms with Crippen molar-refractivity contribution in [1.82, 2.24) is 5.32 Å². The van der Waals surface area contributed by atoms with Crippen molar-refractivity contribution in [3.63, 3.8) is 0 Å². The molecule has 1 amide bonds. The maximum atomic E-state index is 12.1. The summed E-state index contributed by atoms with van der Waals surface area (Å²) in [6.45, 7) is 1.11. The van der Waals surface area contributed by atoms with E-state index in [0.717, 1.165) is 12.5 Å². The molecule has 0 aromatic heterocycles. The lowest BCUT2D eigenvalue weighted by atomic mass is 9.61. The van der Waals surface area contributed by atoms with Crippen LogP contribution in [0.1, 0.15) is 64.2 Å². The van der Waals surface area contributed by atoms with Crippen LogP contribution in [0, 0.1) is 11.3 Å². The molecule has 0 aromatic carbocycles. The van der Waals surface area contributed by atoms with Crippen LogP contribution in [0.25, 0.3) is 0 Å². The highest BCUT2D eigenvalue weighted by Crippen LogP contribution is 2.47. The minimum absolute atomic E-state index is 0.